The Morgan fingerprint density at radius 1 is 0.447 bits per heavy atom. The Morgan fingerprint density at radius 2 is 1.06 bits per heavy atom. The van der Waals surface area contributed by atoms with E-state index in [1.807, 2.05) is 66.7 Å². The summed E-state index contributed by atoms with van der Waals surface area (Å²) in [7, 11) is 0. The fourth-order valence-electron chi connectivity index (χ4n) is 7.64. The van der Waals surface area contributed by atoms with Gasteiger partial charge in [0.05, 0.1) is 50.0 Å². The van der Waals surface area contributed by atoms with E-state index in [9.17, 15) is 10.5 Å². The number of nitrogens with zero attached hydrogens (tertiary/aromatic N) is 4. The topological polar surface area (TPSA) is 70.6 Å². The molecule has 0 unspecified atom stereocenters. The van der Waals surface area contributed by atoms with E-state index >= 15 is 0 Å². The summed E-state index contributed by atoms with van der Waals surface area (Å²) in [6.07, 6.45) is 0. The average Bonchev–Trinajstić information content (AvgIpc) is 3.78. The van der Waals surface area contributed by atoms with Gasteiger partial charge >= 0.3 is 0 Å². The highest BCUT2D eigenvalue weighted by atomic mass is 16.3. The third-order valence-electron chi connectivity index (χ3n) is 9.57. The smallest absolute Gasteiger partial charge is 0.137 e. The van der Waals surface area contributed by atoms with Crippen LogP contribution in [-0.4, -0.2) is 9.13 Å². The summed E-state index contributed by atoms with van der Waals surface area (Å²) in [5.74, 6) is 0. The molecule has 0 atom stereocenters. The van der Waals surface area contributed by atoms with Crippen LogP contribution in [-0.2, 0) is 0 Å². The quantitative estimate of drug-likeness (QED) is 0.199. The Morgan fingerprint density at radius 3 is 1.83 bits per heavy atom. The summed E-state index contributed by atoms with van der Waals surface area (Å²) >= 11 is 0. The van der Waals surface area contributed by atoms with Crippen molar-refractivity contribution in [1.29, 1.82) is 10.5 Å². The zero-order valence-electron chi connectivity index (χ0n) is 24.9. The number of hydrogen-bond donors (Lipinski definition) is 0. The molecule has 0 saturated heterocycles. The molecular formula is C42H22N4O. The van der Waals surface area contributed by atoms with Crippen molar-refractivity contribution < 1.29 is 4.42 Å². The predicted octanol–water partition coefficient (Wildman–Crippen LogP) is 10.7. The molecule has 5 nitrogen and oxygen atoms in total. The maximum atomic E-state index is 10.8. The second kappa shape index (κ2) is 9.34. The van der Waals surface area contributed by atoms with Gasteiger partial charge in [0.1, 0.15) is 23.3 Å². The van der Waals surface area contributed by atoms with E-state index in [1.54, 1.807) is 0 Å². The minimum absolute atomic E-state index is 0.471. The molecule has 0 fully saturated rings. The van der Waals surface area contributed by atoms with E-state index in [2.05, 4.69) is 88.0 Å². The van der Waals surface area contributed by atoms with E-state index in [0.29, 0.717) is 22.5 Å². The van der Waals surface area contributed by atoms with Gasteiger partial charge in [0.2, 0.25) is 0 Å². The number of fused-ring (bicyclic) bond motifs is 12. The molecule has 0 bridgehead atoms. The van der Waals surface area contributed by atoms with Crippen molar-refractivity contribution in [3.8, 4) is 23.5 Å². The van der Waals surface area contributed by atoms with Crippen LogP contribution in [0.25, 0.3) is 87.7 Å². The number of aromatic nitrogens is 2. The molecule has 10 aromatic rings. The monoisotopic (exact) mass is 598 g/mol. The zero-order chi connectivity index (χ0) is 31.2. The fourth-order valence-corrected chi connectivity index (χ4v) is 7.64. The SMILES string of the molecule is N#Cc1cc(-n2c3ccccc3c3ccc4oc5ccccc5c4c32)c(C#N)cc1-n1c2ccccc2c2c3ccccc3ccc21. The summed E-state index contributed by atoms with van der Waals surface area (Å²) < 4.78 is 10.6. The minimum Gasteiger partial charge on any atom is -0.456 e. The second-order valence-electron chi connectivity index (χ2n) is 11.9. The number of furan rings is 1. The van der Waals surface area contributed by atoms with Gasteiger partial charge in [-0.3, -0.25) is 0 Å². The fraction of sp³-hybridized carbons (Fsp3) is 0. The molecule has 3 aromatic heterocycles. The van der Waals surface area contributed by atoms with Crippen LogP contribution in [0.4, 0.5) is 0 Å². The zero-order valence-corrected chi connectivity index (χ0v) is 24.9. The van der Waals surface area contributed by atoms with Gasteiger partial charge in [-0.05, 0) is 59.3 Å². The number of benzene rings is 7. The van der Waals surface area contributed by atoms with Crippen LogP contribution >= 0.6 is 0 Å². The third-order valence-corrected chi connectivity index (χ3v) is 9.57. The molecule has 0 N–H and O–H groups in total. The summed E-state index contributed by atoms with van der Waals surface area (Å²) in [5.41, 5.74) is 7.73. The normalized spacial score (nSPS) is 11.8. The maximum Gasteiger partial charge on any atom is 0.137 e. The summed E-state index contributed by atoms with van der Waals surface area (Å²) in [5, 5.41) is 30.2. The van der Waals surface area contributed by atoms with Gasteiger partial charge in [0.25, 0.3) is 0 Å². The molecule has 5 heteroatoms. The Kier molecular flexibility index (Phi) is 5.07. The highest BCUT2D eigenvalue weighted by Gasteiger charge is 2.23. The first-order chi connectivity index (χ1) is 23.2. The standard InChI is InChI=1S/C42H22N4O/c43-23-26-22-37(46-33-14-6-3-11-29(33)30-18-20-39-41(42(30)46)32-13-5-8-16-38(32)47-39)27(24-44)21-36(26)45-34-15-7-4-12-31(34)40-28-10-2-1-9-25(28)17-19-35(40)45/h1-22H. The van der Waals surface area contributed by atoms with E-state index < -0.39 is 0 Å². The third kappa shape index (κ3) is 3.35. The van der Waals surface area contributed by atoms with E-state index in [-0.39, 0.29) is 0 Å². The van der Waals surface area contributed by atoms with Crippen molar-refractivity contribution >= 4 is 76.3 Å². The van der Waals surface area contributed by atoms with Gasteiger partial charge in [-0.1, -0.05) is 84.9 Å². The van der Waals surface area contributed by atoms with Crippen molar-refractivity contribution in [2.24, 2.45) is 0 Å². The summed E-state index contributed by atoms with van der Waals surface area (Å²) in [4.78, 5) is 0. The van der Waals surface area contributed by atoms with Crippen LogP contribution in [0.3, 0.4) is 0 Å². The molecule has 0 aliphatic heterocycles. The minimum atomic E-state index is 0.471. The molecule has 0 aliphatic carbocycles. The molecule has 0 amide bonds. The lowest BCUT2D eigenvalue weighted by Gasteiger charge is -2.16. The molecule has 0 saturated carbocycles. The lowest BCUT2D eigenvalue weighted by molar-refractivity contribution is 0.669. The van der Waals surface area contributed by atoms with Crippen LogP contribution in [0.2, 0.25) is 0 Å². The highest BCUT2D eigenvalue weighted by Crippen LogP contribution is 2.43. The van der Waals surface area contributed by atoms with Gasteiger partial charge in [-0.25, -0.2) is 0 Å². The van der Waals surface area contributed by atoms with Crippen molar-refractivity contribution in [2.75, 3.05) is 0 Å². The van der Waals surface area contributed by atoms with Crippen molar-refractivity contribution in [3.63, 3.8) is 0 Å². The van der Waals surface area contributed by atoms with Gasteiger partial charge in [0.15, 0.2) is 0 Å². The van der Waals surface area contributed by atoms with E-state index in [0.717, 1.165) is 76.3 Å². The summed E-state index contributed by atoms with van der Waals surface area (Å²) in [6.45, 7) is 0. The number of rotatable bonds is 2. The molecular weight excluding hydrogens is 576 g/mol. The van der Waals surface area contributed by atoms with Gasteiger partial charge < -0.3 is 13.6 Å². The van der Waals surface area contributed by atoms with Gasteiger partial charge in [0, 0.05) is 26.9 Å². The molecule has 0 aliphatic rings. The number of hydrogen-bond acceptors (Lipinski definition) is 3. The second-order valence-corrected chi connectivity index (χ2v) is 11.9. The Labute approximate surface area is 267 Å². The molecule has 0 spiro atoms. The average molecular weight is 599 g/mol. The number of para-hydroxylation sites is 3. The number of nitriles is 2. The first-order valence-electron chi connectivity index (χ1n) is 15.5. The van der Waals surface area contributed by atoms with Crippen LogP contribution < -0.4 is 0 Å². The maximum absolute atomic E-state index is 10.8. The molecule has 7 aromatic carbocycles. The molecule has 3 heterocycles. The first-order valence-corrected chi connectivity index (χ1v) is 15.5. The Hall–Kier alpha value is -6.82. The van der Waals surface area contributed by atoms with Crippen molar-refractivity contribution in [1.82, 2.24) is 9.13 Å². The molecule has 0 radical (unpaired) electrons. The Balaban J connectivity index is 1.35. The lowest BCUT2D eigenvalue weighted by Crippen LogP contribution is -2.04. The highest BCUT2D eigenvalue weighted by molar-refractivity contribution is 6.25. The molecule has 216 valence electrons. The van der Waals surface area contributed by atoms with Crippen LogP contribution in [0, 0.1) is 22.7 Å². The van der Waals surface area contributed by atoms with Crippen LogP contribution in [0.5, 0.6) is 0 Å². The molecule has 47 heavy (non-hydrogen) atoms. The van der Waals surface area contributed by atoms with Gasteiger partial charge in [-0.15, -0.1) is 0 Å². The largest absolute Gasteiger partial charge is 0.456 e. The first kappa shape index (κ1) is 25.5. The van der Waals surface area contributed by atoms with Crippen molar-refractivity contribution in [3.05, 3.63) is 145 Å². The summed E-state index contributed by atoms with van der Waals surface area (Å²) in [6, 6.07) is 50.0. The van der Waals surface area contributed by atoms with Crippen molar-refractivity contribution in [2.45, 2.75) is 0 Å². The molecule has 10 rings (SSSR count). The van der Waals surface area contributed by atoms with Gasteiger partial charge in [-0.2, -0.15) is 10.5 Å². The van der Waals surface area contributed by atoms with Crippen LogP contribution in [0.15, 0.2) is 138 Å². The van der Waals surface area contributed by atoms with E-state index in [4.69, 9.17) is 4.42 Å². The Bertz CT molecular complexity index is 3050. The van der Waals surface area contributed by atoms with E-state index in [1.165, 1.54) is 0 Å². The predicted molar refractivity (Wildman–Crippen MR) is 189 cm³/mol. The lowest BCUT2D eigenvalue weighted by atomic mass is 10.0. The van der Waals surface area contributed by atoms with Crippen LogP contribution in [0.1, 0.15) is 11.1 Å².